The lowest BCUT2D eigenvalue weighted by Gasteiger charge is -2.18. The number of amides is 1. The Morgan fingerprint density at radius 3 is 2.83 bits per heavy atom. The summed E-state index contributed by atoms with van der Waals surface area (Å²) in [6.07, 6.45) is 4.15. The lowest BCUT2D eigenvalue weighted by atomic mass is 10.1. The lowest BCUT2D eigenvalue weighted by Crippen LogP contribution is -2.38. The van der Waals surface area contributed by atoms with E-state index in [0.29, 0.717) is 11.6 Å². The zero-order valence-corrected chi connectivity index (χ0v) is 14.2. The van der Waals surface area contributed by atoms with Crippen LogP contribution in [0.3, 0.4) is 0 Å². The second kappa shape index (κ2) is 6.53. The molecule has 0 saturated carbocycles. The van der Waals surface area contributed by atoms with Crippen molar-refractivity contribution in [1.82, 2.24) is 20.1 Å². The van der Waals surface area contributed by atoms with Gasteiger partial charge >= 0.3 is 0 Å². The molecule has 0 spiro atoms. The van der Waals surface area contributed by atoms with Gasteiger partial charge < -0.3 is 9.47 Å². The molecular formula is C17H20ClN5O. The molecule has 1 amide bonds. The first-order valence-corrected chi connectivity index (χ1v) is 8.81. The molecule has 2 aliphatic rings. The van der Waals surface area contributed by atoms with E-state index in [0.717, 1.165) is 43.3 Å². The molecular weight excluding hydrogens is 326 g/mol. The van der Waals surface area contributed by atoms with E-state index in [9.17, 15) is 4.79 Å². The van der Waals surface area contributed by atoms with Crippen molar-refractivity contribution in [2.24, 2.45) is 0 Å². The fourth-order valence-electron chi connectivity index (χ4n) is 3.46. The second-order valence-corrected chi connectivity index (χ2v) is 6.77. The summed E-state index contributed by atoms with van der Waals surface area (Å²) in [6, 6.07) is 7.23. The highest BCUT2D eigenvalue weighted by Gasteiger charge is 2.32. The zero-order valence-electron chi connectivity index (χ0n) is 13.4. The van der Waals surface area contributed by atoms with E-state index in [4.69, 9.17) is 11.6 Å². The first-order valence-electron chi connectivity index (χ1n) is 8.43. The Morgan fingerprint density at radius 1 is 1.17 bits per heavy atom. The summed E-state index contributed by atoms with van der Waals surface area (Å²) in [4.78, 5) is 14.4. The molecule has 1 atom stereocenters. The van der Waals surface area contributed by atoms with Crippen molar-refractivity contribution in [3.63, 3.8) is 0 Å². The van der Waals surface area contributed by atoms with Crippen molar-refractivity contribution in [2.75, 3.05) is 11.4 Å². The van der Waals surface area contributed by atoms with E-state index in [1.54, 1.807) is 0 Å². The molecule has 3 heterocycles. The van der Waals surface area contributed by atoms with Crippen LogP contribution in [0, 0.1) is 0 Å². The minimum absolute atomic E-state index is 0.107. The Hall–Kier alpha value is -1.92. The van der Waals surface area contributed by atoms with Gasteiger partial charge in [0.15, 0.2) is 0 Å². The molecule has 1 aromatic carbocycles. The fourth-order valence-corrected chi connectivity index (χ4v) is 3.59. The van der Waals surface area contributed by atoms with Crippen molar-refractivity contribution in [1.29, 1.82) is 0 Å². The number of halogens is 1. The van der Waals surface area contributed by atoms with Crippen LogP contribution >= 0.6 is 11.6 Å². The highest BCUT2D eigenvalue weighted by molar-refractivity contribution is 6.30. The minimum Gasteiger partial charge on any atom is -0.314 e. The number of carbonyl (C=O) groups is 1. The summed E-state index contributed by atoms with van der Waals surface area (Å²) >= 11 is 5.92. The van der Waals surface area contributed by atoms with Crippen LogP contribution in [0.15, 0.2) is 24.3 Å². The Balaban J connectivity index is 1.40. The van der Waals surface area contributed by atoms with Crippen LogP contribution < -0.4 is 10.2 Å². The number of hydrogen-bond acceptors (Lipinski definition) is 4. The van der Waals surface area contributed by atoms with Gasteiger partial charge in [0.1, 0.15) is 11.6 Å². The third-order valence-corrected chi connectivity index (χ3v) is 5.04. The van der Waals surface area contributed by atoms with Gasteiger partial charge in [-0.1, -0.05) is 11.6 Å². The molecule has 1 N–H and O–H groups in total. The van der Waals surface area contributed by atoms with Crippen LogP contribution in [0.4, 0.5) is 5.69 Å². The largest absolute Gasteiger partial charge is 0.314 e. The number of hydrogen-bond donors (Lipinski definition) is 1. The summed E-state index contributed by atoms with van der Waals surface area (Å²) in [5, 5.41) is 12.6. The van der Waals surface area contributed by atoms with Gasteiger partial charge in [0.05, 0.1) is 12.6 Å². The second-order valence-electron chi connectivity index (χ2n) is 6.33. The first kappa shape index (κ1) is 15.6. The molecule has 0 unspecified atom stereocenters. The molecule has 126 valence electrons. The smallest absolute Gasteiger partial charge is 0.244 e. The molecule has 0 bridgehead atoms. The molecule has 6 nitrogen and oxygen atoms in total. The Bertz CT molecular complexity index is 742. The van der Waals surface area contributed by atoms with Crippen molar-refractivity contribution < 1.29 is 4.79 Å². The molecule has 1 fully saturated rings. The number of carbonyl (C=O) groups excluding carboxylic acids is 1. The van der Waals surface area contributed by atoms with Crippen LogP contribution in [0.25, 0.3) is 0 Å². The number of nitrogens with zero attached hydrogens (tertiary/aromatic N) is 4. The number of aryl methyl sites for hydroxylation is 1. The van der Waals surface area contributed by atoms with Crippen molar-refractivity contribution in [3.05, 3.63) is 40.9 Å². The number of fused-ring (bicyclic) bond motifs is 1. The molecule has 4 rings (SSSR count). The quantitative estimate of drug-likeness (QED) is 0.922. The number of anilines is 1. The summed E-state index contributed by atoms with van der Waals surface area (Å²) in [6.45, 7) is 2.28. The maximum atomic E-state index is 12.6. The number of rotatable bonds is 4. The van der Waals surface area contributed by atoms with Gasteiger partial charge in [0.2, 0.25) is 5.91 Å². The van der Waals surface area contributed by atoms with Gasteiger partial charge in [0.25, 0.3) is 0 Å². The first-order chi connectivity index (χ1) is 11.7. The molecule has 0 aliphatic carbocycles. The lowest BCUT2D eigenvalue weighted by molar-refractivity contribution is -0.118. The predicted molar refractivity (Wildman–Crippen MR) is 92.0 cm³/mol. The highest BCUT2D eigenvalue weighted by atomic mass is 35.5. The molecule has 1 aromatic heterocycles. The van der Waals surface area contributed by atoms with E-state index in [1.807, 2.05) is 29.2 Å². The van der Waals surface area contributed by atoms with Crippen LogP contribution in [0.1, 0.15) is 30.9 Å². The van der Waals surface area contributed by atoms with Crippen LogP contribution in [0.2, 0.25) is 5.02 Å². The van der Waals surface area contributed by atoms with Gasteiger partial charge in [-0.2, -0.15) is 0 Å². The third kappa shape index (κ3) is 2.91. The third-order valence-electron chi connectivity index (χ3n) is 4.79. The molecule has 2 aromatic rings. The fraction of sp³-hybridized carbons (Fsp3) is 0.471. The summed E-state index contributed by atoms with van der Waals surface area (Å²) < 4.78 is 2.19. The SMILES string of the molecule is O=C1[C@H](NCc2nnc3n2CCCC3)CCN1c1ccc(Cl)cc1. The van der Waals surface area contributed by atoms with Crippen LogP contribution in [-0.2, 0) is 24.3 Å². The minimum atomic E-state index is -0.169. The molecule has 0 radical (unpaired) electrons. The average Bonchev–Trinajstić information content (AvgIpc) is 3.18. The number of aromatic nitrogens is 3. The molecule has 1 saturated heterocycles. The molecule has 2 aliphatic heterocycles. The highest BCUT2D eigenvalue weighted by Crippen LogP contribution is 2.23. The summed E-state index contributed by atoms with van der Waals surface area (Å²) in [5.74, 6) is 2.11. The van der Waals surface area contributed by atoms with Gasteiger partial charge in [-0.05, 0) is 43.5 Å². The van der Waals surface area contributed by atoms with Crippen LogP contribution in [0.5, 0.6) is 0 Å². The Labute approximate surface area is 145 Å². The van der Waals surface area contributed by atoms with Crippen molar-refractivity contribution in [2.45, 2.75) is 44.8 Å². The van der Waals surface area contributed by atoms with Crippen molar-refractivity contribution in [3.8, 4) is 0 Å². The Morgan fingerprint density at radius 2 is 2.00 bits per heavy atom. The average molecular weight is 346 g/mol. The number of benzene rings is 1. The molecule has 7 heteroatoms. The normalized spacial score (nSPS) is 20.5. The van der Waals surface area contributed by atoms with E-state index in [1.165, 1.54) is 12.8 Å². The summed E-state index contributed by atoms with van der Waals surface area (Å²) in [7, 11) is 0. The topological polar surface area (TPSA) is 63.1 Å². The van der Waals surface area contributed by atoms with Gasteiger partial charge in [-0.25, -0.2) is 0 Å². The van der Waals surface area contributed by atoms with Crippen LogP contribution in [-0.4, -0.2) is 33.3 Å². The Kier molecular flexibility index (Phi) is 4.24. The van der Waals surface area contributed by atoms with E-state index >= 15 is 0 Å². The van der Waals surface area contributed by atoms with E-state index in [-0.39, 0.29) is 11.9 Å². The monoisotopic (exact) mass is 345 g/mol. The maximum absolute atomic E-state index is 12.6. The van der Waals surface area contributed by atoms with Gasteiger partial charge in [-0.15, -0.1) is 10.2 Å². The zero-order chi connectivity index (χ0) is 16.5. The standard InChI is InChI=1S/C17H20ClN5O/c18-12-4-6-13(7-5-12)22-10-8-14(17(22)24)19-11-16-21-20-15-3-1-2-9-23(15)16/h4-7,14,19H,1-3,8-11H2/t14-/m1/s1. The summed E-state index contributed by atoms with van der Waals surface area (Å²) in [5.41, 5.74) is 0.897. The maximum Gasteiger partial charge on any atom is 0.244 e. The van der Waals surface area contributed by atoms with E-state index in [2.05, 4.69) is 20.1 Å². The van der Waals surface area contributed by atoms with Gasteiger partial charge in [0, 0.05) is 30.2 Å². The number of nitrogens with one attached hydrogen (secondary N) is 1. The molecule has 24 heavy (non-hydrogen) atoms. The predicted octanol–water partition coefficient (Wildman–Crippen LogP) is 2.16. The van der Waals surface area contributed by atoms with Gasteiger partial charge in [-0.3, -0.25) is 10.1 Å². The van der Waals surface area contributed by atoms with E-state index < -0.39 is 0 Å². The van der Waals surface area contributed by atoms with Crippen molar-refractivity contribution >= 4 is 23.2 Å².